The molecule has 30 heavy (non-hydrogen) atoms. The summed E-state index contributed by atoms with van der Waals surface area (Å²) in [6, 6.07) is 11.4. The Labute approximate surface area is 177 Å². The van der Waals surface area contributed by atoms with Gasteiger partial charge in [0, 0.05) is 50.8 Å². The van der Waals surface area contributed by atoms with E-state index in [1.54, 1.807) is 12.3 Å². The third kappa shape index (κ3) is 3.61. The molecule has 3 aliphatic rings. The first-order valence-electron chi connectivity index (χ1n) is 11.1. The van der Waals surface area contributed by atoms with Crippen LogP contribution in [0.4, 0.5) is 10.1 Å². The van der Waals surface area contributed by atoms with Gasteiger partial charge in [-0.3, -0.25) is 9.88 Å². The van der Waals surface area contributed by atoms with Crippen molar-refractivity contribution in [2.75, 3.05) is 44.3 Å². The van der Waals surface area contributed by atoms with Crippen molar-refractivity contribution in [3.63, 3.8) is 0 Å². The number of aliphatic hydroxyl groups is 1. The van der Waals surface area contributed by atoms with E-state index in [0.717, 1.165) is 56.7 Å². The average molecular weight is 412 g/mol. The van der Waals surface area contributed by atoms with Crippen LogP contribution in [-0.2, 0) is 16.9 Å². The largest absolute Gasteiger partial charge is 0.383 e. The molecule has 1 aromatic heterocycles. The van der Waals surface area contributed by atoms with E-state index in [-0.39, 0.29) is 17.7 Å². The van der Waals surface area contributed by atoms with E-state index >= 15 is 0 Å². The highest BCUT2D eigenvalue weighted by atomic mass is 19.1. The Hall–Kier alpha value is -2.02. The van der Waals surface area contributed by atoms with Crippen LogP contribution in [0, 0.1) is 17.7 Å². The van der Waals surface area contributed by atoms with Crippen molar-refractivity contribution >= 4 is 5.69 Å². The molecule has 2 bridgehead atoms. The molecule has 3 fully saturated rings. The van der Waals surface area contributed by atoms with Crippen molar-refractivity contribution in [2.45, 2.75) is 31.4 Å². The number of morpholine rings is 1. The summed E-state index contributed by atoms with van der Waals surface area (Å²) < 4.78 is 20.2. The van der Waals surface area contributed by atoms with E-state index in [2.05, 4.69) is 14.8 Å². The number of benzene rings is 1. The number of hydrogen-bond acceptors (Lipinski definition) is 5. The molecule has 160 valence electrons. The number of halogens is 1. The van der Waals surface area contributed by atoms with Crippen molar-refractivity contribution < 1.29 is 14.2 Å². The number of aromatic nitrogens is 1. The lowest BCUT2D eigenvalue weighted by atomic mass is 9.64. The minimum atomic E-state index is -0.846. The molecule has 3 heterocycles. The number of hydrogen-bond donors (Lipinski definition) is 1. The summed E-state index contributed by atoms with van der Waals surface area (Å²) >= 11 is 0. The minimum absolute atomic E-state index is 0.156. The number of piperidine rings is 1. The molecular formula is C24H30FN3O2. The molecule has 1 aromatic carbocycles. The van der Waals surface area contributed by atoms with Crippen LogP contribution >= 0.6 is 0 Å². The number of pyridine rings is 1. The zero-order valence-electron chi connectivity index (χ0n) is 17.3. The molecule has 0 spiro atoms. The highest BCUT2D eigenvalue weighted by Crippen LogP contribution is 2.48. The third-order valence-electron chi connectivity index (χ3n) is 7.15. The van der Waals surface area contributed by atoms with E-state index in [1.165, 1.54) is 0 Å². The standard InChI is InChI=1S/C24H30FN3O2/c25-21-14-18(7-8-22(21)28-10-12-30-13-11-28)15-27-16-19-4-3-5-20(17-27)24(19,29)23-6-1-2-9-26-23/h1-2,6-9,14,19-20,29H,3-5,10-13,15-17H2/t19-,20-/m0/s1. The number of ether oxygens (including phenoxy) is 1. The van der Waals surface area contributed by atoms with Crippen molar-refractivity contribution in [3.8, 4) is 0 Å². The molecule has 5 nitrogen and oxygen atoms in total. The summed E-state index contributed by atoms with van der Waals surface area (Å²) in [6.07, 6.45) is 4.93. The quantitative estimate of drug-likeness (QED) is 0.838. The Morgan fingerprint density at radius 2 is 1.87 bits per heavy atom. The van der Waals surface area contributed by atoms with Gasteiger partial charge in [0.25, 0.3) is 0 Å². The van der Waals surface area contributed by atoms with E-state index in [4.69, 9.17) is 4.74 Å². The van der Waals surface area contributed by atoms with E-state index < -0.39 is 5.60 Å². The predicted molar refractivity (Wildman–Crippen MR) is 114 cm³/mol. The van der Waals surface area contributed by atoms with Crippen LogP contribution < -0.4 is 4.90 Å². The zero-order valence-corrected chi connectivity index (χ0v) is 17.3. The van der Waals surface area contributed by atoms with Gasteiger partial charge in [0.2, 0.25) is 0 Å². The van der Waals surface area contributed by atoms with E-state index in [9.17, 15) is 9.50 Å². The molecule has 0 unspecified atom stereocenters. The monoisotopic (exact) mass is 411 g/mol. The van der Waals surface area contributed by atoms with Crippen molar-refractivity contribution in [3.05, 3.63) is 59.7 Å². The molecule has 1 saturated carbocycles. The molecule has 2 saturated heterocycles. The summed E-state index contributed by atoms with van der Waals surface area (Å²) in [4.78, 5) is 8.94. The molecular weight excluding hydrogens is 381 g/mol. The van der Waals surface area contributed by atoms with Gasteiger partial charge in [-0.25, -0.2) is 4.39 Å². The Balaban J connectivity index is 1.31. The first-order valence-corrected chi connectivity index (χ1v) is 11.1. The van der Waals surface area contributed by atoms with Crippen LogP contribution in [0.3, 0.4) is 0 Å². The van der Waals surface area contributed by atoms with Crippen molar-refractivity contribution in [2.24, 2.45) is 11.8 Å². The minimum Gasteiger partial charge on any atom is -0.383 e. The second-order valence-corrected chi connectivity index (χ2v) is 8.94. The molecule has 2 aliphatic heterocycles. The van der Waals surface area contributed by atoms with E-state index in [1.807, 2.05) is 30.3 Å². The van der Waals surface area contributed by atoms with Gasteiger partial charge in [-0.1, -0.05) is 18.6 Å². The second-order valence-electron chi connectivity index (χ2n) is 8.94. The zero-order chi connectivity index (χ0) is 20.6. The molecule has 1 N–H and O–H groups in total. The van der Waals surface area contributed by atoms with Crippen LogP contribution in [0.15, 0.2) is 42.6 Å². The molecule has 0 amide bonds. The van der Waals surface area contributed by atoms with Gasteiger partial charge in [0.1, 0.15) is 11.4 Å². The number of anilines is 1. The summed E-state index contributed by atoms with van der Waals surface area (Å²) in [5, 5.41) is 11.7. The molecule has 2 aromatic rings. The number of nitrogens with zero attached hydrogens (tertiary/aromatic N) is 3. The normalized spacial score (nSPS) is 29.7. The third-order valence-corrected chi connectivity index (χ3v) is 7.15. The lowest BCUT2D eigenvalue weighted by molar-refractivity contribution is -0.151. The maximum Gasteiger partial charge on any atom is 0.146 e. The van der Waals surface area contributed by atoms with E-state index in [0.29, 0.717) is 25.4 Å². The predicted octanol–water partition coefficient (Wildman–Crippen LogP) is 3.18. The molecule has 1 aliphatic carbocycles. The Kier molecular flexibility index (Phi) is 5.48. The molecule has 5 rings (SSSR count). The summed E-state index contributed by atoms with van der Waals surface area (Å²) in [6.45, 7) is 5.11. The van der Waals surface area contributed by atoms with Crippen LogP contribution in [0.2, 0.25) is 0 Å². The van der Waals surface area contributed by atoms with Gasteiger partial charge >= 0.3 is 0 Å². The van der Waals surface area contributed by atoms with Crippen LogP contribution in [0.1, 0.15) is 30.5 Å². The molecule has 2 atom stereocenters. The smallest absolute Gasteiger partial charge is 0.146 e. The molecule has 0 radical (unpaired) electrons. The maximum atomic E-state index is 14.8. The van der Waals surface area contributed by atoms with Gasteiger partial charge in [0.15, 0.2) is 0 Å². The van der Waals surface area contributed by atoms with Gasteiger partial charge in [-0.05, 0) is 42.7 Å². The number of fused-ring (bicyclic) bond motifs is 2. The summed E-state index contributed by atoms with van der Waals surface area (Å²) in [5.74, 6) is 0.173. The fourth-order valence-electron chi connectivity index (χ4n) is 5.66. The first kappa shape index (κ1) is 19.9. The second kappa shape index (κ2) is 8.25. The molecule has 6 heteroatoms. The highest BCUT2D eigenvalue weighted by Gasteiger charge is 2.52. The highest BCUT2D eigenvalue weighted by molar-refractivity contribution is 5.49. The summed E-state index contributed by atoms with van der Waals surface area (Å²) in [5.41, 5.74) is 1.62. The van der Waals surface area contributed by atoms with Gasteiger partial charge in [-0.2, -0.15) is 0 Å². The van der Waals surface area contributed by atoms with Crippen molar-refractivity contribution in [1.82, 2.24) is 9.88 Å². The van der Waals surface area contributed by atoms with Gasteiger partial charge < -0.3 is 14.7 Å². The Morgan fingerprint density at radius 3 is 2.53 bits per heavy atom. The fraction of sp³-hybridized carbons (Fsp3) is 0.542. The maximum absolute atomic E-state index is 14.8. The van der Waals surface area contributed by atoms with Crippen LogP contribution in [0.25, 0.3) is 0 Å². The van der Waals surface area contributed by atoms with Gasteiger partial charge in [0.05, 0.1) is 24.6 Å². The van der Waals surface area contributed by atoms with Crippen LogP contribution in [0.5, 0.6) is 0 Å². The van der Waals surface area contributed by atoms with Gasteiger partial charge in [-0.15, -0.1) is 0 Å². The Bertz CT molecular complexity index is 858. The SMILES string of the molecule is OC1(c2ccccn2)[C@H]2CCC[C@H]1CN(Cc1ccc(N3CCOCC3)c(F)c1)C2. The lowest BCUT2D eigenvalue weighted by Crippen LogP contribution is -2.58. The van der Waals surface area contributed by atoms with Crippen LogP contribution in [-0.4, -0.2) is 54.4 Å². The topological polar surface area (TPSA) is 48.8 Å². The number of rotatable bonds is 4. The lowest BCUT2D eigenvalue weighted by Gasteiger charge is -2.52. The number of likely N-dealkylation sites (tertiary alicyclic amines) is 1. The van der Waals surface area contributed by atoms with Crippen molar-refractivity contribution in [1.29, 1.82) is 0 Å². The Morgan fingerprint density at radius 1 is 1.10 bits per heavy atom. The summed E-state index contributed by atoms with van der Waals surface area (Å²) in [7, 11) is 0. The average Bonchev–Trinajstić information content (AvgIpc) is 2.76. The first-order chi connectivity index (χ1) is 14.6. The fourth-order valence-corrected chi connectivity index (χ4v) is 5.66.